The third-order valence-electron chi connectivity index (χ3n) is 7.63. The Morgan fingerprint density at radius 3 is 2.41 bits per heavy atom. The Labute approximate surface area is 214 Å². The molecule has 1 heterocycles. The summed E-state index contributed by atoms with van der Waals surface area (Å²) in [6.07, 6.45) is 4.88. The second-order valence-corrected chi connectivity index (χ2v) is 10.0. The average molecular weight is 506 g/mol. The number of nitrogens with zero attached hydrogens (tertiary/aromatic N) is 2. The summed E-state index contributed by atoms with van der Waals surface area (Å²) in [5.74, 6) is -0.578. The van der Waals surface area contributed by atoms with Crippen molar-refractivity contribution in [2.75, 3.05) is 0 Å². The Morgan fingerprint density at radius 1 is 1.05 bits per heavy atom. The molecule has 194 valence electrons. The first-order valence-corrected chi connectivity index (χ1v) is 12.8. The molecule has 37 heavy (non-hydrogen) atoms. The van der Waals surface area contributed by atoms with E-state index in [1.54, 1.807) is 0 Å². The van der Waals surface area contributed by atoms with Gasteiger partial charge in [-0.3, -0.25) is 9.59 Å². The molecule has 2 aliphatic carbocycles. The third kappa shape index (κ3) is 5.93. The molecule has 0 bridgehead atoms. The van der Waals surface area contributed by atoms with Gasteiger partial charge >= 0.3 is 11.7 Å². The van der Waals surface area contributed by atoms with E-state index >= 15 is 0 Å². The Morgan fingerprint density at radius 2 is 1.76 bits per heavy atom. The van der Waals surface area contributed by atoms with E-state index in [0.717, 1.165) is 42.7 Å². The number of rotatable bonds is 10. The number of ether oxygens (including phenoxy) is 1. The monoisotopic (exact) mass is 505 g/mol. The number of carbonyl (C=O) groups is 2. The number of benzene rings is 2. The highest BCUT2D eigenvalue weighted by Crippen LogP contribution is 2.46. The zero-order chi connectivity index (χ0) is 25.8. The van der Waals surface area contributed by atoms with E-state index in [0.29, 0.717) is 19.4 Å². The summed E-state index contributed by atoms with van der Waals surface area (Å²) >= 11 is 0. The number of aliphatic carboxylic acids is 1. The molecule has 9 heteroatoms. The number of para-hydroxylation sites is 1. The van der Waals surface area contributed by atoms with Crippen LogP contribution < -0.4 is 10.5 Å². The van der Waals surface area contributed by atoms with E-state index in [4.69, 9.17) is 9.15 Å². The van der Waals surface area contributed by atoms with Crippen molar-refractivity contribution < 1.29 is 23.8 Å². The summed E-state index contributed by atoms with van der Waals surface area (Å²) in [7, 11) is 0. The van der Waals surface area contributed by atoms with Gasteiger partial charge in [-0.2, -0.15) is 0 Å². The number of aromatic nitrogens is 2. The van der Waals surface area contributed by atoms with E-state index < -0.39 is 11.7 Å². The minimum atomic E-state index is -0.933. The van der Waals surface area contributed by atoms with Crippen LogP contribution >= 0.6 is 0 Å². The van der Waals surface area contributed by atoms with Gasteiger partial charge in [0, 0.05) is 31.3 Å². The molecule has 3 unspecified atom stereocenters. The minimum absolute atomic E-state index is 0.0162. The molecular weight excluding hydrogens is 474 g/mol. The fraction of sp³-hybridized carbons (Fsp3) is 0.429. The maximum absolute atomic E-state index is 13.8. The Kier molecular flexibility index (Phi) is 7.39. The molecule has 0 spiro atoms. The quantitative estimate of drug-likeness (QED) is 0.418. The van der Waals surface area contributed by atoms with Crippen LogP contribution in [0.3, 0.4) is 0 Å². The van der Waals surface area contributed by atoms with E-state index in [1.165, 1.54) is 0 Å². The number of carboxylic acid groups (broad SMARTS) is 1. The molecule has 2 fully saturated rings. The molecular formula is C28H31N3O6. The van der Waals surface area contributed by atoms with Crippen molar-refractivity contribution in [3.05, 3.63) is 76.6 Å². The third-order valence-corrected chi connectivity index (χ3v) is 7.63. The molecule has 3 atom stereocenters. The van der Waals surface area contributed by atoms with Crippen LogP contribution in [0.25, 0.3) is 0 Å². The van der Waals surface area contributed by atoms with Gasteiger partial charge in [-0.05, 0) is 60.9 Å². The van der Waals surface area contributed by atoms with Gasteiger partial charge in [-0.1, -0.05) is 43.2 Å². The molecule has 1 amide bonds. The van der Waals surface area contributed by atoms with Crippen LogP contribution in [0.15, 0.2) is 63.8 Å². The number of carbonyl (C=O) groups excluding carboxylic acids is 1. The van der Waals surface area contributed by atoms with Crippen molar-refractivity contribution in [1.82, 2.24) is 15.1 Å². The number of hydrogen-bond donors (Lipinski definition) is 2. The van der Waals surface area contributed by atoms with Gasteiger partial charge < -0.3 is 19.2 Å². The lowest BCUT2D eigenvalue weighted by Crippen LogP contribution is -2.51. The molecule has 0 aliphatic heterocycles. The smallest absolute Gasteiger partial charge is 0.434 e. The molecule has 2 N–H and O–H groups in total. The van der Waals surface area contributed by atoms with Gasteiger partial charge in [-0.15, -0.1) is 5.10 Å². The number of H-pyrrole nitrogens is 1. The number of hydrogen-bond acceptors (Lipinski definition) is 6. The molecule has 9 nitrogen and oxygen atoms in total. The molecule has 2 saturated carbocycles. The highest BCUT2D eigenvalue weighted by Gasteiger charge is 2.48. The van der Waals surface area contributed by atoms with Crippen LogP contribution in [0.5, 0.6) is 11.5 Å². The van der Waals surface area contributed by atoms with Crippen molar-refractivity contribution in [3.8, 4) is 11.5 Å². The number of carboxylic acids is 1. The van der Waals surface area contributed by atoms with Crippen molar-refractivity contribution >= 4 is 11.9 Å². The first kappa shape index (κ1) is 24.8. The van der Waals surface area contributed by atoms with E-state index in [2.05, 4.69) is 10.2 Å². The fourth-order valence-corrected chi connectivity index (χ4v) is 5.71. The van der Waals surface area contributed by atoms with Crippen LogP contribution in [-0.2, 0) is 22.6 Å². The van der Waals surface area contributed by atoms with Gasteiger partial charge in [-0.25, -0.2) is 9.89 Å². The summed E-state index contributed by atoms with van der Waals surface area (Å²) in [4.78, 5) is 38.7. The molecule has 1 aromatic heterocycles. The summed E-state index contributed by atoms with van der Waals surface area (Å²) < 4.78 is 10.9. The lowest BCUT2D eigenvalue weighted by molar-refractivity contribution is -0.152. The van der Waals surface area contributed by atoms with Crippen LogP contribution in [-0.4, -0.2) is 38.1 Å². The second-order valence-electron chi connectivity index (χ2n) is 10.0. The zero-order valence-electron chi connectivity index (χ0n) is 20.5. The van der Waals surface area contributed by atoms with Gasteiger partial charge in [0.25, 0.3) is 0 Å². The maximum Gasteiger partial charge on any atom is 0.434 e. The molecule has 0 saturated heterocycles. The summed E-state index contributed by atoms with van der Waals surface area (Å²) in [5.41, 5.74) is 1.00. The van der Waals surface area contributed by atoms with Crippen molar-refractivity contribution in [2.45, 2.75) is 57.5 Å². The van der Waals surface area contributed by atoms with Gasteiger partial charge in [0.15, 0.2) is 0 Å². The predicted octanol–water partition coefficient (Wildman–Crippen LogP) is 4.40. The number of nitrogens with one attached hydrogen (secondary N) is 1. The topological polar surface area (TPSA) is 126 Å². The van der Waals surface area contributed by atoms with E-state index in [1.807, 2.05) is 59.5 Å². The lowest BCUT2D eigenvalue weighted by Gasteiger charge is -2.46. The fourth-order valence-electron chi connectivity index (χ4n) is 5.71. The van der Waals surface area contributed by atoms with Gasteiger partial charge in [0.2, 0.25) is 11.8 Å². The SMILES string of the molecule is O=C(O)CC1C(Cc2n[nH]c(=O)o2)CC1C(=O)N(Cc1ccc(Oc2ccccc2)cc1)C1CCCC1. The highest BCUT2D eigenvalue weighted by molar-refractivity contribution is 5.81. The predicted molar refractivity (Wildman–Crippen MR) is 134 cm³/mol. The summed E-state index contributed by atoms with van der Waals surface area (Å²) in [6, 6.07) is 17.5. The molecule has 0 radical (unpaired) electrons. The van der Waals surface area contributed by atoms with E-state index in [-0.39, 0.29) is 42.0 Å². The van der Waals surface area contributed by atoms with Crippen molar-refractivity contribution in [1.29, 1.82) is 0 Å². The Hall–Kier alpha value is -3.88. The van der Waals surface area contributed by atoms with Crippen molar-refractivity contribution in [2.24, 2.45) is 17.8 Å². The normalized spacial score (nSPS) is 21.4. The number of aromatic amines is 1. The molecule has 2 aromatic carbocycles. The van der Waals surface area contributed by atoms with Crippen LogP contribution in [0.1, 0.15) is 50.0 Å². The summed E-state index contributed by atoms with van der Waals surface area (Å²) in [5, 5.41) is 15.6. The van der Waals surface area contributed by atoms with Gasteiger partial charge in [0.1, 0.15) is 11.5 Å². The Bertz CT molecular complexity index is 1260. The largest absolute Gasteiger partial charge is 0.481 e. The molecule has 5 rings (SSSR count). The summed E-state index contributed by atoms with van der Waals surface area (Å²) in [6.45, 7) is 0.477. The first-order valence-electron chi connectivity index (χ1n) is 12.8. The first-order chi connectivity index (χ1) is 18.0. The molecule has 3 aromatic rings. The van der Waals surface area contributed by atoms with Crippen molar-refractivity contribution in [3.63, 3.8) is 0 Å². The number of amides is 1. The standard InChI is InChI=1S/C28H31N3O6/c32-26(33)16-23-19(15-25-29-30-28(35)37-25)14-24(23)27(34)31(20-6-4-5-7-20)17-18-10-12-22(13-11-18)36-21-8-2-1-3-9-21/h1-3,8-13,19-20,23-24H,4-7,14-17H2,(H,30,35)(H,32,33). The van der Waals surface area contributed by atoms with Crippen LogP contribution in [0, 0.1) is 17.8 Å². The van der Waals surface area contributed by atoms with Crippen LogP contribution in [0.4, 0.5) is 0 Å². The zero-order valence-corrected chi connectivity index (χ0v) is 20.5. The lowest BCUT2D eigenvalue weighted by atomic mass is 9.61. The van der Waals surface area contributed by atoms with Crippen LogP contribution in [0.2, 0.25) is 0 Å². The highest BCUT2D eigenvalue weighted by atomic mass is 16.5. The molecule has 2 aliphatic rings. The van der Waals surface area contributed by atoms with E-state index in [9.17, 15) is 19.5 Å². The maximum atomic E-state index is 13.8. The van der Waals surface area contributed by atoms with Gasteiger partial charge in [0.05, 0.1) is 0 Å². The minimum Gasteiger partial charge on any atom is -0.481 e. The Balaban J connectivity index is 1.29. The second kappa shape index (κ2) is 11.0. The average Bonchev–Trinajstić information content (AvgIpc) is 3.57.